The summed E-state index contributed by atoms with van der Waals surface area (Å²) in [5, 5.41) is 16.8. The molecule has 1 saturated carbocycles. The summed E-state index contributed by atoms with van der Waals surface area (Å²) in [5.74, 6) is 0.642. The molecule has 3 fully saturated rings. The number of nitrogens with one attached hydrogen (secondary N) is 4. The summed E-state index contributed by atoms with van der Waals surface area (Å²) >= 11 is 0. The number of ether oxygens (including phenoxy) is 1. The van der Waals surface area contributed by atoms with Crippen LogP contribution >= 0.6 is 0 Å². The third kappa shape index (κ3) is 9.41. The van der Waals surface area contributed by atoms with Crippen molar-refractivity contribution in [3.8, 4) is 0 Å². The Morgan fingerprint density at radius 2 is 1.71 bits per heavy atom. The normalized spacial score (nSPS) is 21.8. The molecule has 3 aliphatic rings. The highest BCUT2D eigenvalue weighted by atomic mass is 16.5. The third-order valence-corrected chi connectivity index (χ3v) is 8.31. The molecule has 1 aliphatic carbocycles. The van der Waals surface area contributed by atoms with E-state index in [-0.39, 0.29) is 30.2 Å². The molecule has 0 bridgehead atoms. The number of methoxy groups -OCH3 is 1. The van der Waals surface area contributed by atoms with E-state index in [0.29, 0.717) is 50.9 Å². The topological polar surface area (TPSA) is 153 Å². The number of rotatable bonds is 13. The fourth-order valence-corrected chi connectivity index (χ4v) is 5.99. The molecule has 2 saturated heterocycles. The van der Waals surface area contributed by atoms with Gasteiger partial charge in [-0.1, -0.05) is 32.1 Å². The maximum atomic E-state index is 13.7. The Bertz CT molecular complexity index is 781. The van der Waals surface area contributed by atoms with Crippen molar-refractivity contribution in [2.24, 2.45) is 17.6 Å². The lowest BCUT2D eigenvalue weighted by Gasteiger charge is -2.33. The first-order chi connectivity index (χ1) is 18.4. The largest absolute Gasteiger partial charge is 0.385 e. The SMILES string of the molecule is COCCCNC(=O)CN[C@H](CC1CCCCC1)C(=O)N1CCC[C@H]1C(=O)NCC1CCN(C(=N)N)CC1. The van der Waals surface area contributed by atoms with Gasteiger partial charge in [-0.25, -0.2) is 0 Å². The molecular formula is C27H49N7O4. The second-order valence-corrected chi connectivity index (χ2v) is 11.1. The smallest absolute Gasteiger partial charge is 0.242 e. The van der Waals surface area contributed by atoms with Crippen LogP contribution in [0.3, 0.4) is 0 Å². The standard InChI is InChI=1S/C27H49N7O4/c1-38-16-6-12-30-24(35)19-31-22(17-20-7-3-2-4-8-20)26(37)34-13-5-9-23(34)25(36)32-18-21-10-14-33(15-11-21)27(28)29/h20-23,31H,2-19H2,1H3,(H3,28,29)(H,30,35)(H,32,36)/t22-,23+/m1/s1. The van der Waals surface area contributed by atoms with E-state index in [1.807, 2.05) is 4.90 Å². The number of carbonyl (C=O) groups excluding carboxylic acids is 3. The molecule has 0 radical (unpaired) electrons. The Morgan fingerprint density at radius 1 is 0.974 bits per heavy atom. The summed E-state index contributed by atoms with van der Waals surface area (Å²) in [5.41, 5.74) is 5.59. The van der Waals surface area contributed by atoms with Gasteiger partial charge in [0, 0.05) is 46.4 Å². The number of carbonyl (C=O) groups is 3. The maximum Gasteiger partial charge on any atom is 0.242 e. The van der Waals surface area contributed by atoms with Crippen LogP contribution in [0.2, 0.25) is 0 Å². The molecule has 11 nitrogen and oxygen atoms in total. The Kier molecular flexibility index (Phi) is 12.6. The van der Waals surface area contributed by atoms with E-state index in [4.69, 9.17) is 15.9 Å². The van der Waals surface area contributed by atoms with Crippen molar-refractivity contribution in [2.45, 2.75) is 82.7 Å². The molecule has 11 heteroatoms. The first kappa shape index (κ1) is 30.1. The van der Waals surface area contributed by atoms with E-state index in [9.17, 15) is 14.4 Å². The summed E-state index contributed by atoms with van der Waals surface area (Å²) in [7, 11) is 1.63. The van der Waals surface area contributed by atoms with Crippen molar-refractivity contribution in [1.82, 2.24) is 25.8 Å². The van der Waals surface area contributed by atoms with Crippen LogP contribution in [0.4, 0.5) is 0 Å². The predicted molar refractivity (Wildman–Crippen MR) is 146 cm³/mol. The second-order valence-electron chi connectivity index (χ2n) is 11.1. The van der Waals surface area contributed by atoms with Gasteiger partial charge < -0.3 is 30.9 Å². The molecule has 38 heavy (non-hydrogen) atoms. The van der Waals surface area contributed by atoms with E-state index in [1.165, 1.54) is 19.3 Å². The molecule has 3 rings (SSSR count). The van der Waals surface area contributed by atoms with Gasteiger partial charge in [0.05, 0.1) is 12.6 Å². The van der Waals surface area contributed by atoms with E-state index in [0.717, 1.165) is 51.6 Å². The van der Waals surface area contributed by atoms with E-state index in [1.54, 1.807) is 12.0 Å². The van der Waals surface area contributed by atoms with Crippen molar-refractivity contribution < 1.29 is 19.1 Å². The average Bonchev–Trinajstić information content (AvgIpc) is 3.42. The highest BCUT2D eigenvalue weighted by Crippen LogP contribution is 2.29. The van der Waals surface area contributed by atoms with Crippen molar-refractivity contribution in [1.29, 1.82) is 5.41 Å². The Labute approximate surface area is 227 Å². The van der Waals surface area contributed by atoms with Gasteiger partial charge >= 0.3 is 0 Å². The number of hydrogen-bond donors (Lipinski definition) is 5. The van der Waals surface area contributed by atoms with Gasteiger partial charge in [-0.2, -0.15) is 0 Å². The van der Waals surface area contributed by atoms with E-state index < -0.39 is 12.1 Å². The molecular weight excluding hydrogens is 486 g/mol. The average molecular weight is 536 g/mol. The van der Waals surface area contributed by atoms with Gasteiger partial charge in [0.15, 0.2) is 5.96 Å². The van der Waals surface area contributed by atoms with Crippen LogP contribution < -0.4 is 21.7 Å². The quantitative estimate of drug-likeness (QED) is 0.133. The number of piperidine rings is 1. The summed E-state index contributed by atoms with van der Waals surface area (Å²) < 4.78 is 5.02. The Balaban J connectivity index is 1.53. The minimum absolute atomic E-state index is 0.0600. The van der Waals surface area contributed by atoms with Crippen LogP contribution in [-0.4, -0.2) is 98.5 Å². The zero-order valence-electron chi connectivity index (χ0n) is 23.1. The lowest BCUT2D eigenvalue weighted by molar-refractivity contribution is -0.140. The van der Waals surface area contributed by atoms with Gasteiger partial charge in [-0.05, 0) is 50.4 Å². The number of nitrogens with two attached hydrogens (primary N) is 1. The van der Waals surface area contributed by atoms with Crippen LogP contribution in [0, 0.1) is 17.2 Å². The maximum absolute atomic E-state index is 13.7. The van der Waals surface area contributed by atoms with Gasteiger partial charge in [0.2, 0.25) is 17.7 Å². The highest BCUT2D eigenvalue weighted by Gasteiger charge is 2.38. The molecule has 0 spiro atoms. The van der Waals surface area contributed by atoms with Gasteiger partial charge in [0.25, 0.3) is 0 Å². The lowest BCUT2D eigenvalue weighted by Crippen LogP contribution is -2.54. The van der Waals surface area contributed by atoms with Crippen LogP contribution in [0.15, 0.2) is 0 Å². The van der Waals surface area contributed by atoms with Gasteiger partial charge in [-0.15, -0.1) is 0 Å². The van der Waals surface area contributed by atoms with E-state index >= 15 is 0 Å². The second kappa shape index (κ2) is 15.9. The zero-order valence-corrected chi connectivity index (χ0v) is 23.1. The Hall–Kier alpha value is -2.40. The third-order valence-electron chi connectivity index (χ3n) is 8.31. The molecule has 2 heterocycles. The first-order valence-electron chi connectivity index (χ1n) is 14.5. The zero-order chi connectivity index (χ0) is 27.3. The van der Waals surface area contributed by atoms with Crippen molar-refractivity contribution >= 4 is 23.7 Å². The fourth-order valence-electron chi connectivity index (χ4n) is 5.99. The monoisotopic (exact) mass is 535 g/mol. The van der Waals surface area contributed by atoms with Crippen LogP contribution in [0.5, 0.6) is 0 Å². The fraction of sp³-hybridized carbons (Fsp3) is 0.852. The Morgan fingerprint density at radius 3 is 2.39 bits per heavy atom. The predicted octanol–water partition coefficient (Wildman–Crippen LogP) is 0.780. The molecule has 216 valence electrons. The van der Waals surface area contributed by atoms with Crippen molar-refractivity contribution in [3.63, 3.8) is 0 Å². The summed E-state index contributed by atoms with van der Waals surface area (Å²) in [6, 6.07) is -0.925. The van der Waals surface area contributed by atoms with Crippen LogP contribution in [0.25, 0.3) is 0 Å². The minimum Gasteiger partial charge on any atom is -0.385 e. The molecule has 0 aromatic heterocycles. The number of likely N-dealkylation sites (tertiary alicyclic amines) is 2. The first-order valence-corrected chi connectivity index (χ1v) is 14.5. The summed E-state index contributed by atoms with van der Waals surface area (Å²) in [6.07, 6.45) is 10.5. The number of amides is 3. The lowest BCUT2D eigenvalue weighted by atomic mass is 9.84. The summed E-state index contributed by atoms with van der Waals surface area (Å²) in [6.45, 7) is 3.83. The molecule has 6 N–H and O–H groups in total. The van der Waals surface area contributed by atoms with Crippen molar-refractivity contribution in [3.05, 3.63) is 0 Å². The highest BCUT2D eigenvalue weighted by molar-refractivity contribution is 5.90. The van der Waals surface area contributed by atoms with Gasteiger partial charge in [0.1, 0.15) is 6.04 Å². The van der Waals surface area contributed by atoms with Gasteiger partial charge in [-0.3, -0.25) is 25.1 Å². The molecule has 0 unspecified atom stereocenters. The van der Waals surface area contributed by atoms with Crippen molar-refractivity contribution in [2.75, 3.05) is 53.0 Å². The molecule has 3 amide bonds. The summed E-state index contributed by atoms with van der Waals surface area (Å²) in [4.78, 5) is 42.9. The molecule has 2 atom stereocenters. The number of hydrogen-bond acceptors (Lipinski definition) is 6. The molecule has 0 aromatic rings. The number of nitrogens with zero attached hydrogens (tertiary/aromatic N) is 2. The van der Waals surface area contributed by atoms with Crippen LogP contribution in [-0.2, 0) is 19.1 Å². The van der Waals surface area contributed by atoms with Crippen LogP contribution in [0.1, 0.15) is 70.6 Å². The van der Waals surface area contributed by atoms with E-state index in [2.05, 4.69) is 16.0 Å². The minimum atomic E-state index is -0.466. The number of guanidine groups is 1. The molecule has 0 aromatic carbocycles. The molecule has 2 aliphatic heterocycles.